The highest BCUT2D eigenvalue weighted by Gasteiger charge is 2.36. The second-order valence-electron chi connectivity index (χ2n) is 5.58. The van der Waals surface area contributed by atoms with Crippen LogP contribution in [0, 0.1) is 0 Å². The number of benzene rings is 2. The summed E-state index contributed by atoms with van der Waals surface area (Å²) in [6.07, 6.45) is 5.46. The zero-order valence-electron chi connectivity index (χ0n) is 13.6. The number of rotatable bonds is 6. The molecular weight excluding hydrogens is 302 g/mol. The standard InChI is InChI=1S/C20H19NO3/c1-2-3-13-24-14-12-15-8-4-7-11-18(15)21-19(22)16-9-5-6-10-17(16)20(21)23/h4-12,14H,2-3,13H2,1H3/b14-12+. The molecule has 4 nitrogen and oxygen atoms in total. The normalized spacial score (nSPS) is 13.6. The van der Waals surface area contributed by atoms with E-state index >= 15 is 0 Å². The van der Waals surface area contributed by atoms with Gasteiger partial charge in [0.15, 0.2) is 0 Å². The van der Waals surface area contributed by atoms with E-state index in [1.165, 1.54) is 4.90 Å². The molecular formula is C20H19NO3. The molecule has 0 N–H and O–H groups in total. The first-order valence-electron chi connectivity index (χ1n) is 8.09. The van der Waals surface area contributed by atoms with Crippen LogP contribution in [0.5, 0.6) is 0 Å². The van der Waals surface area contributed by atoms with Gasteiger partial charge in [-0.3, -0.25) is 9.59 Å². The summed E-state index contributed by atoms with van der Waals surface area (Å²) in [4.78, 5) is 26.5. The molecule has 0 atom stereocenters. The molecule has 1 aliphatic rings. The number of nitrogens with zero attached hydrogens (tertiary/aromatic N) is 1. The highest BCUT2D eigenvalue weighted by atomic mass is 16.5. The molecule has 122 valence electrons. The van der Waals surface area contributed by atoms with Crippen LogP contribution in [0.3, 0.4) is 0 Å². The van der Waals surface area contributed by atoms with Gasteiger partial charge in [0, 0.05) is 5.56 Å². The number of unbranched alkanes of at least 4 members (excludes halogenated alkanes) is 1. The molecule has 1 aliphatic heterocycles. The van der Waals surface area contributed by atoms with Crippen LogP contribution < -0.4 is 4.90 Å². The van der Waals surface area contributed by atoms with Crippen molar-refractivity contribution in [2.75, 3.05) is 11.5 Å². The van der Waals surface area contributed by atoms with E-state index in [0.29, 0.717) is 23.4 Å². The van der Waals surface area contributed by atoms with E-state index in [0.717, 1.165) is 18.4 Å². The van der Waals surface area contributed by atoms with Crippen LogP contribution >= 0.6 is 0 Å². The van der Waals surface area contributed by atoms with Crippen molar-refractivity contribution in [2.45, 2.75) is 19.8 Å². The summed E-state index contributed by atoms with van der Waals surface area (Å²) in [7, 11) is 0. The largest absolute Gasteiger partial charge is 0.501 e. The lowest BCUT2D eigenvalue weighted by Crippen LogP contribution is -2.29. The van der Waals surface area contributed by atoms with Crippen LogP contribution in [0.25, 0.3) is 6.08 Å². The quantitative estimate of drug-likeness (QED) is 0.453. The van der Waals surface area contributed by atoms with E-state index in [9.17, 15) is 9.59 Å². The van der Waals surface area contributed by atoms with Crippen LogP contribution in [-0.2, 0) is 4.74 Å². The average molecular weight is 321 g/mol. The molecule has 2 aromatic rings. The van der Waals surface area contributed by atoms with Crippen molar-refractivity contribution >= 4 is 23.6 Å². The predicted molar refractivity (Wildman–Crippen MR) is 93.9 cm³/mol. The number of imide groups is 1. The highest BCUT2D eigenvalue weighted by Crippen LogP contribution is 2.31. The molecule has 0 radical (unpaired) electrons. The third kappa shape index (κ3) is 2.95. The number of hydrogen-bond donors (Lipinski definition) is 0. The number of anilines is 1. The van der Waals surface area contributed by atoms with E-state index in [1.54, 1.807) is 42.7 Å². The van der Waals surface area contributed by atoms with Gasteiger partial charge in [-0.25, -0.2) is 4.90 Å². The number of ether oxygens (including phenoxy) is 1. The minimum atomic E-state index is -0.289. The van der Waals surface area contributed by atoms with Gasteiger partial charge in [-0.2, -0.15) is 0 Å². The van der Waals surface area contributed by atoms with Crippen LogP contribution in [0.4, 0.5) is 5.69 Å². The van der Waals surface area contributed by atoms with Crippen molar-refractivity contribution in [1.29, 1.82) is 0 Å². The molecule has 0 aliphatic carbocycles. The lowest BCUT2D eigenvalue weighted by molar-refractivity contribution is 0.0926. The van der Waals surface area contributed by atoms with E-state index in [2.05, 4.69) is 6.92 Å². The number of hydrogen-bond acceptors (Lipinski definition) is 3. The SMILES string of the molecule is CCCCO/C=C/c1ccccc1N1C(=O)c2ccccc2C1=O. The Morgan fingerprint density at radius 2 is 1.58 bits per heavy atom. The number of carbonyl (C=O) groups is 2. The lowest BCUT2D eigenvalue weighted by Gasteiger charge is -2.16. The molecule has 0 aromatic heterocycles. The molecule has 2 aromatic carbocycles. The van der Waals surface area contributed by atoms with Crippen molar-refractivity contribution in [1.82, 2.24) is 0 Å². The number of fused-ring (bicyclic) bond motifs is 1. The first kappa shape index (κ1) is 16.0. The van der Waals surface area contributed by atoms with Gasteiger partial charge in [0.2, 0.25) is 0 Å². The molecule has 3 rings (SSSR count). The number of carbonyl (C=O) groups excluding carboxylic acids is 2. The Balaban J connectivity index is 1.88. The lowest BCUT2D eigenvalue weighted by atomic mass is 10.1. The number of para-hydroxylation sites is 1. The molecule has 24 heavy (non-hydrogen) atoms. The van der Waals surface area contributed by atoms with Crippen LogP contribution in [-0.4, -0.2) is 18.4 Å². The van der Waals surface area contributed by atoms with E-state index in [-0.39, 0.29) is 11.8 Å². The first-order chi connectivity index (χ1) is 11.7. The van der Waals surface area contributed by atoms with Crippen LogP contribution in [0.15, 0.2) is 54.8 Å². The van der Waals surface area contributed by atoms with Gasteiger partial charge in [0.1, 0.15) is 0 Å². The molecule has 1 heterocycles. The van der Waals surface area contributed by atoms with Crippen molar-refractivity contribution in [3.8, 4) is 0 Å². The molecule has 0 saturated heterocycles. The van der Waals surface area contributed by atoms with Crippen LogP contribution in [0.2, 0.25) is 0 Å². The van der Waals surface area contributed by atoms with E-state index < -0.39 is 0 Å². The molecule has 0 unspecified atom stereocenters. The minimum absolute atomic E-state index is 0.289. The minimum Gasteiger partial charge on any atom is -0.501 e. The van der Waals surface area contributed by atoms with Crippen molar-refractivity contribution in [3.63, 3.8) is 0 Å². The Morgan fingerprint density at radius 1 is 0.958 bits per heavy atom. The third-order valence-corrected chi connectivity index (χ3v) is 3.93. The van der Waals surface area contributed by atoms with E-state index in [4.69, 9.17) is 4.74 Å². The Labute approximate surface area is 141 Å². The summed E-state index contributed by atoms with van der Waals surface area (Å²) in [6.45, 7) is 2.76. The van der Waals surface area contributed by atoms with Crippen molar-refractivity contribution < 1.29 is 14.3 Å². The summed E-state index contributed by atoms with van der Waals surface area (Å²) in [5.41, 5.74) is 2.23. The second kappa shape index (κ2) is 7.13. The van der Waals surface area contributed by atoms with Gasteiger partial charge < -0.3 is 4.74 Å². The Hall–Kier alpha value is -2.88. The first-order valence-corrected chi connectivity index (χ1v) is 8.09. The Morgan fingerprint density at radius 3 is 2.25 bits per heavy atom. The van der Waals surface area contributed by atoms with Gasteiger partial charge in [-0.1, -0.05) is 43.7 Å². The summed E-state index contributed by atoms with van der Waals surface area (Å²) in [5, 5.41) is 0. The molecule has 0 fully saturated rings. The monoisotopic (exact) mass is 321 g/mol. The fraction of sp³-hybridized carbons (Fsp3) is 0.200. The molecule has 2 amide bonds. The van der Waals surface area contributed by atoms with E-state index in [1.807, 2.05) is 18.2 Å². The highest BCUT2D eigenvalue weighted by molar-refractivity contribution is 6.34. The third-order valence-electron chi connectivity index (χ3n) is 3.93. The maximum absolute atomic E-state index is 12.6. The van der Waals surface area contributed by atoms with Gasteiger partial charge in [-0.15, -0.1) is 0 Å². The zero-order chi connectivity index (χ0) is 16.9. The summed E-state index contributed by atoms with van der Waals surface area (Å²) >= 11 is 0. The van der Waals surface area contributed by atoms with Gasteiger partial charge in [0.05, 0.1) is 29.7 Å². The average Bonchev–Trinajstić information content (AvgIpc) is 2.87. The Kier molecular flexibility index (Phi) is 4.75. The number of amides is 2. The fourth-order valence-corrected chi connectivity index (χ4v) is 2.66. The fourth-order valence-electron chi connectivity index (χ4n) is 2.66. The summed E-state index contributed by atoms with van der Waals surface area (Å²) < 4.78 is 5.44. The topological polar surface area (TPSA) is 46.6 Å². The Bertz CT molecular complexity index is 760. The smallest absolute Gasteiger partial charge is 0.266 e. The van der Waals surface area contributed by atoms with Crippen LogP contribution in [0.1, 0.15) is 46.0 Å². The van der Waals surface area contributed by atoms with Gasteiger partial charge in [0.25, 0.3) is 11.8 Å². The van der Waals surface area contributed by atoms with Gasteiger partial charge >= 0.3 is 0 Å². The summed E-state index contributed by atoms with van der Waals surface area (Å²) in [5.74, 6) is -0.577. The maximum atomic E-state index is 12.6. The maximum Gasteiger partial charge on any atom is 0.266 e. The zero-order valence-corrected chi connectivity index (χ0v) is 13.6. The van der Waals surface area contributed by atoms with Crippen molar-refractivity contribution in [2.24, 2.45) is 0 Å². The molecule has 0 spiro atoms. The predicted octanol–water partition coefficient (Wildman–Crippen LogP) is 4.27. The second-order valence-corrected chi connectivity index (χ2v) is 5.58. The summed E-state index contributed by atoms with van der Waals surface area (Å²) in [6, 6.07) is 14.2. The van der Waals surface area contributed by atoms with Crippen molar-refractivity contribution in [3.05, 3.63) is 71.5 Å². The molecule has 4 heteroatoms. The van der Waals surface area contributed by atoms with Gasteiger partial charge in [-0.05, 0) is 30.7 Å². The molecule has 0 saturated carbocycles. The molecule has 0 bridgehead atoms.